The molecule has 2 fully saturated rings. The normalized spacial score (nSPS) is 19.1. The number of carbonyl (C=O) groups excluding carboxylic acids is 2. The lowest BCUT2D eigenvalue weighted by atomic mass is 10.0. The number of carbonyl (C=O) groups is 2. The summed E-state index contributed by atoms with van der Waals surface area (Å²) >= 11 is 0. The summed E-state index contributed by atoms with van der Waals surface area (Å²) in [6.45, 7) is 2.44. The third-order valence-corrected chi connectivity index (χ3v) is 7.04. The molecule has 1 saturated heterocycles. The molecule has 1 aliphatic carbocycles. The minimum absolute atomic E-state index is 0.0766. The third kappa shape index (κ3) is 5.03. The lowest BCUT2D eigenvalue weighted by Gasteiger charge is -2.17. The number of hydrogen-bond acceptors (Lipinski definition) is 7. The predicted molar refractivity (Wildman–Crippen MR) is 137 cm³/mol. The number of aliphatic hydroxyl groups excluding tert-OH is 1. The Morgan fingerprint density at radius 2 is 2.00 bits per heavy atom. The molecule has 1 saturated carbocycles. The highest BCUT2D eigenvalue weighted by Gasteiger charge is 2.36. The van der Waals surface area contributed by atoms with E-state index in [-0.39, 0.29) is 31.4 Å². The van der Waals surface area contributed by atoms with Gasteiger partial charge in [-0.3, -0.25) is 14.6 Å². The van der Waals surface area contributed by atoms with Crippen LogP contribution < -0.4 is 14.8 Å². The molecule has 0 radical (unpaired) electrons. The van der Waals surface area contributed by atoms with Gasteiger partial charge >= 0.3 is 0 Å². The number of rotatable bonds is 9. The number of likely N-dealkylation sites (tertiary alicyclic amines) is 1. The number of aryl methyl sites for hydroxylation is 1. The molecular weight excluding hydrogens is 495 g/mol. The Balaban J connectivity index is 1.47. The lowest BCUT2D eigenvalue weighted by Crippen LogP contribution is -2.43. The van der Waals surface area contributed by atoms with Crippen molar-refractivity contribution < 1.29 is 33.3 Å². The molecule has 38 heavy (non-hydrogen) atoms. The lowest BCUT2D eigenvalue weighted by molar-refractivity contribution is -0.134. The molecule has 11 heteroatoms. The van der Waals surface area contributed by atoms with E-state index in [1.54, 1.807) is 25.3 Å². The number of nitrogens with zero attached hydrogens (tertiary/aromatic N) is 2. The van der Waals surface area contributed by atoms with E-state index in [1.165, 1.54) is 25.2 Å². The number of halogens is 1. The summed E-state index contributed by atoms with van der Waals surface area (Å²) in [6.07, 6.45) is 2.86. The zero-order valence-electron chi connectivity index (χ0n) is 21.5. The van der Waals surface area contributed by atoms with Crippen LogP contribution in [-0.4, -0.2) is 84.5 Å². The van der Waals surface area contributed by atoms with Gasteiger partial charge in [-0.2, -0.15) is 0 Å². The number of nitrogens with one attached hydrogen (secondary N) is 2. The number of ether oxygens (including phenoxy) is 3. The van der Waals surface area contributed by atoms with E-state index >= 15 is 0 Å². The third-order valence-electron chi connectivity index (χ3n) is 7.04. The summed E-state index contributed by atoms with van der Waals surface area (Å²) < 4.78 is 30.7. The highest BCUT2D eigenvalue weighted by atomic mass is 19.1. The fourth-order valence-electron chi connectivity index (χ4n) is 4.81. The first-order valence-electron chi connectivity index (χ1n) is 12.5. The van der Waals surface area contributed by atoms with Gasteiger partial charge in [0.05, 0.1) is 36.9 Å². The molecule has 5 rings (SSSR count). The highest BCUT2D eigenvalue weighted by molar-refractivity contribution is 6.10. The van der Waals surface area contributed by atoms with Crippen LogP contribution in [0.3, 0.4) is 0 Å². The standard InChI is InChI=1S/C27H31FN4O6/c1-14-24(27(35)31-19-10-32(11-20(19)33)23(34)13-36-2)26-25(30-14)16(6-7-29-26)17-8-22(37-3)18(28)9-21(17)38-12-15-4-5-15/h6-9,15,19-20,30,33H,4-5,10-13H2,1-3H3,(H,31,35)/t19-,20+/m1/s1. The van der Waals surface area contributed by atoms with Gasteiger partial charge in [0.2, 0.25) is 5.91 Å². The van der Waals surface area contributed by atoms with Crippen molar-refractivity contribution in [3.05, 3.63) is 41.5 Å². The van der Waals surface area contributed by atoms with E-state index in [4.69, 9.17) is 14.2 Å². The van der Waals surface area contributed by atoms with Crippen LogP contribution in [-0.2, 0) is 9.53 Å². The SMILES string of the molecule is COCC(=O)N1C[C@H](O)[C@H](NC(=O)c2c(C)[nH]c3c(-c4cc(OC)c(F)cc4OCC4CC4)ccnc23)C1. The van der Waals surface area contributed by atoms with Crippen molar-refractivity contribution in [1.29, 1.82) is 0 Å². The molecule has 3 N–H and O–H groups in total. The van der Waals surface area contributed by atoms with Crippen LogP contribution in [0, 0.1) is 18.7 Å². The number of H-pyrrole nitrogens is 1. The van der Waals surface area contributed by atoms with Gasteiger partial charge in [0.1, 0.15) is 17.9 Å². The topological polar surface area (TPSA) is 126 Å². The quantitative estimate of drug-likeness (QED) is 0.391. The number of pyridine rings is 1. The van der Waals surface area contributed by atoms with Crippen LogP contribution >= 0.6 is 0 Å². The summed E-state index contributed by atoms with van der Waals surface area (Å²) in [5, 5.41) is 13.3. The maximum absolute atomic E-state index is 14.6. The van der Waals surface area contributed by atoms with Crippen LogP contribution in [0.25, 0.3) is 22.2 Å². The smallest absolute Gasteiger partial charge is 0.255 e. The minimum Gasteiger partial charge on any atom is -0.494 e. The zero-order valence-corrected chi connectivity index (χ0v) is 21.5. The average molecular weight is 527 g/mol. The van der Waals surface area contributed by atoms with Crippen LogP contribution in [0.1, 0.15) is 28.9 Å². The summed E-state index contributed by atoms with van der Waals surface area (Å²) in [5.74, 6) is -0.273. The Morgan fingerprint density at radius 1 is 1.21 bits per heavy atom. The van der Waals surface area contributed by atoms with Gasteiger partial charge in [-0.1, -0.05) is 0 Å². The summed E-state index contributed by atoms with van der Waals surface area (Å²) in [4.78, 5) is 34.7. The molecule has 0 bridgehead atoms. The van der Waals surface area contributed by atoms with Crippen LogP contribution in [0.4, 0.5) is 4.39 Å². The molecule has 202 valence electrons. The van der Waals surface area contributed by atoms with E-state index < -0.39 is 23.9 Å². The second kappa shape index (κ2) is 10.6. The molecular formula is C27H31FN4O6. The van der Waals surface area contributed by atoms with Crippen LogP contribution in [0.2, 0.25) is 0 Å². The fourth-order valence-corrected chi connectivity index (χ4v) is 4.81. The molecule has 2 aromatic heterocycles. The van der Waals surface area contributed by atoms with Crippen molar-refractivity contribution >= 4 is 22.8 Å². The Bertz CT molecular complexity index is 1370. The second-order valence-corrected chi connectivity index (χ2v) is 9.82. The van der Waals surface area contributed by atoms with E-state index in [0.29, 0.717) is 51.7 Å². The number of aromatic amines is 1. The minimum atomic E-state index is -0.911. The van der Waals surface area contributed by atoms with Crippen molar-refractivity contribution in [2.75, 3.05) is 40.5 Å². The van der Waals surface area contributed by atoms with Gasteiger partial charge in [0, 0.05) is 49.3 Å². The van der Waals surface area contributed by atoms with Crippen molar-refractivity contribution in [2.45, 2.75) is 31.9 Å². The van der Waals surface area contributed by atoms with Gasteiger partial charge in [-0.05, 0) is 37.8 Å². The maximum atomic E-state index is 14.6. The Labute approximate surface area is 219 Å². The average Bonchev–Trinajstić information content (AvgIpc) is 3.56. The molecule has 3 heterocycles. The second-order valence-electron chi connectivity index (χ2n) is 9.82. The van der Waals surface area contributed by atoms with Crippen molar-refractivity contribution in [2.24, 2.45) is 5.92 Å². The van der Waals surface area contributed by atoms with Crippen LogP contribution in [0.15, 0.2) is 24.4 Å². The maximum Gasteiger partial charge on any atom is 0.255 e. The first-order chi connectivity index (χ1) is 18.3. The van der Waals surface area contributed by atoms with E-state index in [1.807, 2.05) is 0 Å². The van der Waals surface area contributed by atoms with E-state index in [2.05, 4.69) is 15.3 Å². The zero-order chi connectivity index (χ0) is 27.0. The number of fused-ring (bicyclic) bond motifs is 1. The van der Waals surface area contributed by atoms with E-state index in [0.717, 1.165) is 12.8 Å². The number of amides is 2. The number of benzene rings is 1. The van der Waals surface area contributed by atoms with Crippen LogP contribution in [0.5, 0.6) is 11.5 Å². The number of β-amino-alcohol motifs (C(OH)–C–C–N with tert-alkyl or cyclic N) is 1. The van der Waals surface area contributed by atoms with Crippen molar-refractivity contribution in [3.8, 4) is 22.6 Å². The first kappa shape index (κ1) is 25.9. The largest absolute Gasteiger partial charge is 0.494 e. The number of methoxy groups -OCH3 is 2. The molecule has 0 spiro atoms. The predicted octanol–water partition coefficient (Wildman–Crippen LogP) is 2.42. The van der Waals surface area contributed by atoms with E-state index in [9.17, 15) is 19.1 Å². The Kier molecular flexibility index (Phi) is 7.22. The molecule has 10 nitrogen and oxygen atoms in total. The number of aliphatic hydroxyl groups is 1. The fraction of sp³-hybridized carbons (Fsp3) is 0.444. The number of hydrogen-bond donors (Lipinski definition) is 3. The van der Waals surface area contributed by atoms with Gasteiger partial charge in [-0.25, -0.2) is 4.39 Å². The molecule has 3 aromatic rings. The molecule has 1 aliphatic heterocycles. The summed E-state index contributed by atoms with van der Waals surface area (Å²) in [7, 11) is 2.83. The highest BCUT2D eigenvalue weighted by Crippen LogP contribution is 2.40. The molecule has 2 atom stereocenters. The van der Waals surface area contributed by atoms with Gasteiger partial charge in [0.25, 0.3) is 5.91 Å². The molecule has 1 aromatic carbocycles. The number of aromatic nitrogens is 2. The molecule has 2 amide bonds. The van der Waals surface area contributed by atoms with Gasteiger partial charge in [0.15, 0.2) is 11.6 Å². The monoisotopic (exact) mass is 526 g/mol. The summed E-state index contributed by atoms with van der Waals surface area (Å²) in [6, 6.07) is 4.05. The molecule has 0 unspecified atom stereocenters. The Morgan fingerprint density at radius 3 is 2.71 bits per heavy atom. The van der Waals surface area contributed by atoms with Crippen molar-refractivity contribution in [1.82, 2.24) is 20.2 Å². The molecule has 2 aliphatic rings. The van der Waals surface area contributed by atoms with Crippen molar-refractivity contribution in [3.63, 3.8) is 0 Å². The summed E-state index contributed by atoms with van der Waals surface area (Å²) in [5.41, 5.74) is 3.20. The van der Waals surface area contributed by atoms with Gasteiger partial charge < -0.3 is 34.5 Å². The Hall–Kier alpha value is -3.70. The van der Waals surface area contributed by atoms with Gasteiger partial charge in [-0.15, -0.1) is 0 Å². The first-order valence-corrected chi connectivity index (χ1v) is 12.5.